The monoisotopic (exact) mass is 262 g/mol. The lowest BCUT2D eigenvalue weighted by Crippen LogP contribution is -2.41. The van der Waals surface area contributed by atoms with Crippen molar-refractivity contribution in [3.8, 4) is 0 Å². The minimum Gasteiger partial charge on any atom is -0.449 e. The first-order valence-electron chi connectivity index (χ1n) is 5.42. The van der Waals surface area contributed by atoms with Gasteiger partial charge in [0.05, 0.1) is 0 Å². The zero-order valence-electron chi connectivity index (χ0n) is 9.33. The van der Waals surface area contributed by atoms with Crippen LogP contribution in [-0.4, -0.2) is 36.4 Å². The summed E-state index contributed by atoms with van der Waals surface area (Å²) in [6.07, 6.45) is 1.62. The molecule has 7 heteroatoms. The Kier molecular flexibility index (Phi) is 5.76. The highest BCUT2D eigenvalue weighted by Gasteiger charge is 2.26. The van der Waals surface area contributed by atoms with Crippen LogP contribution >= 0.6 is 11.6 Å². The molecule has 0 aromatic rings. The molecule has 0 saturated carbocycles. The van der Waals surface area contributed by atoms with Crippen molar-refractivity contribution >= 4 is 29.4 Å². The van der Waals surface area contributed by atoms with Crippen molar-refractivity contribution in [2.75, 3.05) is 12.6 Å². The predicted octanol–water partition coefficient (Wildman–Crippen LogP) is -0.0991. The van der Waals surface area contributed by atoms with Gasteiger partial charge in [-0.3, -0.25) is 14.4 Å². The van der Waals surface area contributed by atoms with Crippen molar-refractivity contribution in [1.82, 2.24) is 10.6 Å². The maximum atomic E-state index is 11.5. The van der Waals surface area contributed by atoms with E-state index in [1.807, 2.05) is 0 Å². The SMILES string of the molecule is O=C1CC[C@@H](C(=O)NCCCC(=O)OCCl)N1. The molecule has 1 atom stereocenters. The molecule has 17 heavy (non-hydrogen) atoms. The number of rotatable bonds is 6. The van der Waals surface area contributed by atoms with Gasteiger partial charge in [-0.1, -0.05) is 11.6 Å². The molecule has 1 fully saturated rings. The van der Waals surface area contributed by atoms with Crippen LogP contribution in [0.15, 0.2) is 0 Å². The highest BCUT2D eigenvalue weighted by molar-refractivity contribution is 6.17. The number of halogens is 1. The standard InChI is InChI=1S/C10H15ClN2O4/c11-6-17-9(15)2-1-5-12-10(16)7-3-4-8(14)13-7/h7H,1-6H2,(H,12,16)(H,13,14)/t7-/m0/s1. The van der Waals surface area contributed by atoms with Crippen LogP contribution in [0.25, 0.3) is 0 Å². The van der Waals surface area contributed by atoms with Crippen LogP contribution in [0.4, 0.5) is 0 Å². The van der Waals surface area contributed by atoms with Gasteiger partial charge in [-0.25, -0.2) is 0 Å². The fraction of sp³-hybridized carbons (Fsp3) is 0.700. The Labute approximate surface area is 104 Å². The molecule has 1 saturated heterocycles. The second-order valence-corrected chi connectivity index (χ2v) is 3.90. The molecule has 96 valence electrons. The molecular formula is C10H15ClN2O4. The lowest BCUT2D eigenvalue weighted by atomic mass is 10.2. The smallest absolute Gasteiger partial charge is 0.307 e. The summed E-state index contributed by atoms with van der Waals surface area (Å²) in [5.41, 5.74) is 0. The third kappa shape index (κ3) is 5.04. The first kappa shape index (κ1) is 13.8. The summed E-state index contributed by atoms with van der Waals surface area (Å²) >= 11 is 5.21. The molecular weight excluding hydrogens is 248 g/mol. The zero-order valence-corrected chi connectivity index (χ0v) is 10.1. The van der Waals surface area contributed by atoms with E-state index in [0.717, 1.165) is 0 Å². The Bertz CT molecular complexity index is 309. The molecule has 2 amide bonds. The number of nitrogens with one attached hydrogen (secondary N) is 2. The minimum absolute atomic E-state index is 0.101. The van der Waals surface area contributed by atoms with Gasteiger partial charge in [0, 0.05) is 19.4 Å². The number of ether oxygens (including phenoxy) is 1. The molecule has 1 aliphatic heterocycles. The molecule has 1 rings (SSSR count). The average molecular weight is 263 g/mol. The quantitative estimate of drug-likeness (QED) is 0.398. The van der Waals surface area contributed by atoms with Crippen molar-refractivity contribution in [3.05, 3.63) is 0 Å². The van der Waals surface area contributed by atoms with Gasteiger partial charge in [0.2, 0.25) is 11.8 Å². The first-order valence-corrected chi connectivity index (χ1v) is 5.95. The maximum Gasteiger partial charge on any atom is 0.307 e. The summed E-state index contributed by atoms with van der Waals surface area (Å²) in [7, 11) is 0. The van der Waals surface area contributed by atoms with Gasteiger partial charge < -0.3 is 15.4 Å². The number of carbonyl (C=O) groups is 3. The van der Waals surface area contributed by atoms with Crippen LogP contribution in [0.1, 0.15) is 25.7 Å². The summed E-state index contributed by atoms with van der Waals surface area (Å²) in [5, 5.41) is 5.21. The number of esters is 1. The number of alkyl halides is 1. The lowest BCUT2D eigenvalue weighted by molar-refractivity contribution is -0.141. The third-order valence-corrected chi connectivity index (χ3v) is 2.49. The molecule has 0 unspecified atom stereocenters. The Morgan fingerprint density at radius 3 is 2.88 bits per heavy atom. The van der Waals surface area contributed by atoms with E-state index in [2.05, 4.69) is 15.4 Å². The molecule has 1 heterocycles. The summed E-state index contributed by atoms with van der Waals surface area (Å²) < 4.78 is 4.52. The van der Waals surface area contributed by atoms with E-state index in [0.29, 0.717) is 25.8 Å². The van der Waals surface area contributed by atoms with Gasteiger partial charge >= 0.3 is 5.97 Å². The van der Waals surface area contributed by atoms with E-state index in [1.165, 1.54) is 0 Å². The Hall–Kier alpha value is -1.30. The Morgan fingerprint density at radius 2 is 2.29 bits per heavy atom. The second-order valence-electron chi connectivity index (χ2n) is 3.68. The highest BCUT2D eigenvalue weighted by Crippen LogP contribution is 2.06. The van der Waals surface area contributed by atoms with Crippen molar-refractivity contribution in [1.29, 1.82) is 0 Å². The molecule has 2 N–H and O–H groups in total. The van der Waals surface area contributed by atoms with Crippen LogP contribution in [-0.2, 0) is 19.1 Å². The van der Waals surface area contributed by atoms with Gasteiger partial charge in [0.1, 0.15) is 6.04 Å². The van der Waals surface area contributed by atoms with Gasteiger partial charge in [0.15, 0.2) is 6.07 Å². The molecule has 0 bridgehead atoms. The normalized spacial score (nSPS) is 18.6. The van der Waals surface area contributed by atoms with Crippen molar-refractivity contribution in [3.63, 3.8) is 0 Å². The van der Waals surface area contributed by atoms with Crippen LogP contribution in [0.2, 0.25) is 0 Å². The highest BCUT2D eigenvalue weighted by atomic mass is 35.5. The molecule has 1 aliphatic rings. The van der Waals surface area contributed by atoms with Crippen LogP contribution in [0.5, 0.6) is 0 Å². The van der Waals surface area contributed by atoms with Crippen LogP contribution in [0, 0.1) is 0 Å². The molecule has 0 radical (unpaired) electrons. The van der Waals surface area contributed by atoms with Crippen LogP contribution in [0.3, 0.4) is 0 Å². The van der Waals surface area contributed by atoms with Gasteiger partial charge in [-0.15, -0.1) is 0 Å². The molecule has 0 aromatic carbocycles. The van der Waals surface area contributed by atoms with E-state index in [1.54, 1.807) is 0 Å². The zero-order chi connectivity index (χ0) is 12.7. The molecule has 0 aromatic heterocycles. The second kappa shape index (κ2) is 7.11. The number of amides is 2. The topological polar surface area (TPSA) is 84.5 Å². The fourth-order valence-corrected chi connectivity index (χ4v) is 1.63. The summed E-state index contributed by atoms with van der Waals surface area (Å²) in [4.78, 5) is 33.3. The van der Waals surface area contributed by atoms with E-state index in [4.69, 9.17) is 11.6 Å². The summed E-state index contributed by atoms with van der Waals surface area (Å²) in [6.45, 7) is 0.378. The van der Waals surface area contributed by atoms with E-state index in [-0.39, 0.29) is 30.3 Å². The van der Waals surface area contributed by atoms with E-state index < -0.39 is 6.04 Å². The Balaban J connectivity index is 2.08. The minimum atomic E-state index is -0.433. The van der Waals surface area contributed by atoms with Crippen molar-refractivity contribution in [2.45, 2.75) is 31.7 Å². The fourth-order valence-electron chi connectivity index (χ4n) is 1.51. The van der Waals surface area contributed by atoms with Gasteiger partial charge in [0.25, 0.3) is 0 Å². The summed E-state index contributed by atoms with van der Waals surface area (Å²) in [6, 6.07) is -0.587. The van der Waals surface area contributed by atoms with Gasteiger partial charge in [-0.05, 0) is 12.8 Å². The van der Waals surface area contributed by atoms with Crippen molar-refractivity contribution < 1.29 is 19.1 Å². The Morgan fingerprint density at radius 1 is 1.53 bits per heavy atom. The largest absolute Gasteiger partial charge is 0.449 e. The van der Waals surface area contributed by atoms with Crippen LogP contribution < -0.4 is 10.6 Å². The molecule has 0 spiro atoms. The first-order chi connectivity index (χ1) is 8.13. The molecule has 6 nitrogen and oxygen atoms in total. The number of carbonyl (C=O) groups excluding carboxylic acids is 3. The lowest BCUT2D eigenvalue weighted by Gasteiger charge is -2.10. The maximum absolute atomic E-state index is 11.5. The predicted molar refractivity (Wildman–Crippen MR) is 60.2 cm³/mol. The summed E-state index contributed by atoms with van der Waals surface area (Å²) in [5.74, 6) is -0.694. The van der Waals surface area contributed by atoms with Crippen molar-refractivity contribution in [2.24, 2.45) is 0 Å². The number of hydrogen-bond acceptors (Lipinski definition) is 4. The molecule has 0 aliphatic carbocycles. The average Bonchev–Trinajstić information content (AvgIpc) is 2.71. The van der Waals surface area contributed by atoms with Gasteiger partial charge in [-0.2, -0.15) is 0 Å². The van der Waals surface area contributed by atoms with E-state index >= 15 is 0 Å². The third-order valence-electron chi connectivity index (χ3n) is 2.38. The number of hydrogen-bond donors (Lipinski definition) is 2. The van der Waals surface area contributed by atoms with E-state index in [9.17, 15) is 14.4 Å².